The minimum atomic E-state index is -2.25. The lowest BCUT2D eigenvalue weighted by Crippen LogP contribution is -2.74. The Morgan fingerprint density at radius 3 is 2.45 bits per heavy atom. The van der Waals surface area contributed by atoms with Gasteiger partial charge >= 0.3 is 12.1 Å². The Balaban J connectivity index is 1.20. The van der Waals surface area contributed by atoms with Crippen LogP contribution in [0.2, 0.25) is 18.1 Å². The van der Waals surface area contributed by atoms with E-state index in [0.29, 0.717) is 42.1 Å². The Morgan fingerprint density at radius 2 is 1.78 bits per heavy atom. The van der Waals surface area contributed by atoms with E-state index in [9.17, 15) is 19.5 Å². The number of nitrogens with zero attached hydrogens (tertiary/aromatic N) is 1. The largest absolute Gasteiger partial charge is 0.541 e. The van der Waals surface area contributed by atoms with Gasteiger partial charge in [0.15, 0.2) is 11.9 Å². The molecular weight excluding hydrogens is 669 g/mol. The summed E-state index contributed by atoms with van der Waals surface area (Å²) in [5, 5.41) is 15.3. The lowest BCUT2D eigenvalue weighted by molar-refractivity contribution is -0.169. The average molecular weight is 721 g/mol. The monoisotopic (exact) mass is 720 g/mol. The Bertz CT molecular complexity index is 1730. The molecule has 0 unspecified atom stereocenters. The van der Waals surface area contributed by atoms with Gasteiger partial charge in [-0.2, -0.15) is 0 Å². The molecule has 4 aliphatic rings. The van der Waals surface area contributed by atoms with Crippen LogP contribution in [0.25, 0.3) is 0 Å². The van der Waals surface area contributed by atoms with Crippen LogP contribution in [0.3, 0.4) is 0 Å². The number of carbonyl (C=O) groups excluding carboxylic acids is 3. The minimum absolute atomic E-state index is 0.0440. The van der Waals surface area contributed by atoms with Crippen LogP contribution in [0.4, 0.5) is 4.79 Å². The normalized spacial score (nSPS) is 25.8. The molecule has 1 saturated heterocycles. The predicted molar refractivity (Wildman–Crippen MR) is 193 cm³/mol. The Hall–Kier alpha value is -3.87. The standard InChI is InChI=1S/C39H52N2O9Si/c1-36(2,3)49-35(44)48-31(24-13-11-10-12-14-24)34(43)40-21-18-29(42)46-27-17-19-39(45)28-23-25-15-16-26(50-51(8,9)37(4,5)6)32-30(25)38(39,33(27)47-32)20-22-41(28)7/h10-17,28,31,33,45H,18-23H2,1-9H3,(H,40,43)/t28-,31+,33+,38+,39-/m1/s1. The van der Waals surface area contributed by atoms with Crippen LogP contribution in [0.5, 0.6) is 11.5 Å². The molecule has 2 N–H and O–H groups in total. The first kappa shape index (κ1) is 36.9. The number of nitrogens with one attached hydrogen (secondary N) is 1. The van der Waals surface area contributed by atoms with Crippen LogP contribution in [0.15, 0.2) is 54.3 Å². The Kier molecular flexibility index (Phi) is 9.38. The third kappa shape index (κ3) is 6.55. The van der Waals surface area contributed by atoms with Gasteiger partial charge in [-0.05, 0) is 83.0 Å². The summed E-state index contributed by atoms with van der Waals surface area (Å²) < 4.78 is 30.4. The molecule has 1 spiro atoms. The number of benzene rings is 2. The van der Waals surface area contributed by atoms with Crippen LogP contribution in [0.1, 0.15) is 83.6 Å². The quantitative estimate of drug-likeness (QED) is 0.232. The number of hydrogen-bond donors (Lipinski definition) is 2. The number of hydrogen-bond acceptors (Lipinski definition) is 10. The van der Waals surface area contributed by atoms with Gasteiger partial charge in [-0.3, -0.25) is 9.59 Å². The molecule has 2 aliphatic heterocycles. The van der Waals surface area contributed by atoms with Gasteiger partial charge in [0.25, 0.3) is 14.2 Å². The first-order chi connectivity index (χ1) is 23.8. The molecule has 11 nitrogen and oxygen atoms in total. The summed E-state index contributed by atoms with van der Waals surface area (Å²) >= 11 is 0. The van der Waals surface area contributed by atoms with Gasteiger partial charge in [0.1, 0.15) is 17.1 Å². The van der Waals surface area contributed by atoms with Crippen molar-refractivity contribution in [1.82, 2.24) is 10.2 Å². The van der Waals surface area contributed by atoms with E-state index in [2.05, 4.69) is 57.2 Å². The summed E-state index contributed by atoms with van der Waals surface area (Å²) in [4.78, 5) is 41.4. The van der Waals surface area contributed by atoms with Crippen LogP contribution in [-0.2, 0) is 35.6 Å². The SMILES string of the molecule is CN1CC[C@]23c4c5ccc(O[Si](C)(C)C(C)(C)C)c4O[C@H]2C(OC(=O)CCNC(=O)[C@@H](OC(=O)OC(C)(C)C)c2ccccc2)=CC[C@@]3(O)[C@H]1C5. The summed E-state index contributed by atoms with van der Waals surface area (Å²) in [6.07, 6.45) is 0.253. The van der Waals surface area contributed by atoms with Gasteiger partial charge in [-0.15, -0.1) is 0 Å². The van der Waals surface area contributed by atoms with Crippen molar-refractivity contribution in [2.24, 2.45) is 0 Å². The highest BCUT2D eigenvalue weighted by Crippen LogP contribution is 2.65. The summed E-state index contributed by atoms with van der Waals surface area (Å²) in [6.45, 7) is 16.8. The maximum absolute atomic E-state index is 13.4. The first-order valence-electron chi connectivity index (χ1n) is 17.8. The fraction of sp³-hybridized carbons (Fsp3) is 0.564. The lowest BCUT2D eigenvalue weighted by Gasteiger charge is -2.61. The van der Waals surface area contributed by atoms with Crippen LogP contribution >= 0.6 is 0 Å². The summed E-state index contributed by atoms with van der Waals surface area (Å²) in [6, 6.07) is 12.6. The first-order valence-corrected chi connectivity index (χ1v) is 20.8. The van der Waals surface area contributed by atoms with Gasteiger partial charge in [-0.1, -0.05) is 57.2 Å². The van der Waals surface area contributed by atoms with Crippen LogP contribution in [0, 0.1) is 0 Å². The predicted octanol–water partition coefficient (Wildman–Crippen LogP) is 6.09. The Labute approximate surface area is 301 Å². The molecule has 12 heteroatoms. The second kappa shape index (κ2) is 13.0. The van der Waals surface area contributed by atoms with E-state index in [0.717, 1.165) is 17.7 Å². The number of carbonyl (C=O) groups is 3. The molecule has 0 aromatic heterocycles. The summed E-state index contributed by atoms with van der Waals surface area (Å²) in [5.74, 6) is 0.495. The summed E-state index contributed by atoms with van der Waals surface area (Å²) in [7, 11) is -0.203. The van der Waals surface area contributed by atoms with Crippen molar-refractivity contribution in [3.63, 3.8) is 0 Å². The molecule has 6 rings (SSSR count). The summed E-state index contributed by atoms with van der Waals surface area (Å²) in [5.41, 5.74) is -0.210. The molecule has 2 bridgehead atoms. The fourth-order valence-electron chi connectivity index (χ4n) is 7.77. The average Bonchev–Trinajstić information content (AvgIpc) is 3.39. The van der Waals surface area contributed by atoms with Crippen molar-refractivity contribution in [2.45, 2.75) is 120 Å². The number of ether oxygens (including phenoxy) is 4. The van der Waals surface area contributed by atoms with E-state index in [1.165, 1.54) is 0 Å². The smallest absolute Gasteiger partial charge is 0.509 e. The van der Waals surface area contributed by atoms with E-state index in [1.807, 2.05) is 6.07 Å². The van der Waals surface area contributed by atoms with Crippen molar-refractivity contribution in [2.75, 3.05) is 20.1 Å². The number of amides is 1. The molecule has 5 atom stereocenters. The van der Waals surface area contributed by atoms with Gasteiger partial charge in [0.05, 0.1) is 17.4 Å². The number of esters is 1. The van der Waals surface area contributed by atoms with Crippen LogP contribution < -0.4 is 14.5 Å². The maximum Gasteiger partial charge on any atom is 0.509 e. The van der Waals surface area contributed by atoms with E-state index < -0.39 is 55.2 Å². The molecule has 1 fully saturated rings. The number of aliphatic hydroxyl groups is 1. The number of likely N-dealkylation sites (N-methyl/N-ethyl adjacent to an activating group) is 1. The third-order valence-electron chi connectivity index (χ3n) is 11.3. The van der Waals surface area contributed by atoms with Crippen molar-refractivity contribution < 1.29 is 42.9 Å². The second-order valence-electron chi connectivity index (χ2n) is 16.8. The Morgan fingerprint density at radius 1 is 1.08 bits per heavy atom. The number of rotatable bonds is 9. The van der Waals surface area contributed by atoms with Crippen molar-refractivity contribution >= 4 is 26.3 Å². The zero-order chi connectivity index (χ0) is 37.1. The van der Waals surface area contributed by atoms with Crippen molar-refractivity contribution in [3.8, 4) is 11.5 Å². The van der Waals surface area contributed by atoms with Gasteiger partial charge in [0.2, 0.25) is 6.10 Å². The highest BCUT2D eigenvalue weighted by Gasteiger charge is 2.72. The lowest BCUT2D eigenvalue weighted by atomic mass is 9.50. The topological polar surface area (TPSA) is 133 Å². The highest BCUT2D eigenvalue weighted by molar-refractivity contribution is 6.74. The number of piperidine rings is 1. The molecule has 0 saturated carbocycles. The zero-order valence-corrected chi connectivity index (χ0v) is 32.3. The van der Waals surface area contributed by atoms with E-state index in [-0.39, 0.29) is 24.0 Å². The minimum Gasteiger partial charge on any atom is -0.541 e. The van der Waals surface area contributed by atoms with E-state index >= 15 is 0 Å². The van der Waals surface area contributed by atoms with E-state index in [1.54, 1.807) is 57.2 Å². The van der Waals surface area contributed by atoms with E-state index in [4.69, 9.17) is 23.4 Å². The molecule has 276 valence electrons. The molecule has 2 heterocycles. The van der Waals surface area contributed by atoms with Crippen LogP contribution in [-0.4, -0.2) is 79.8 Å². The van der Waals surface area contributed by atoms with Gasteiger partial charge < -0.3 is 38.7 Å². The van der Waals surface area contributed by atoms with Crippen molar-refractivity contribution in [1.29, 1.82) is 0 Å². The molecule has 2 aromatic rings. The number of likely N-dealkylation sites (tertiary alicyclic amines) is 1. The molecule has 2 aliphatic carbocycles. The molecule has 0 radical (unpaired) electrons. The van der Waals surface area contributed by atoms with Crippen molar-refractivity contribution in [3.05, 3.63) is 71.0 Å². The molecule has 51 heavy (non-hydrogen) atoms. The maximum atomic E-state index is 13.4. The molecule has 2 aromatic carbocycles. The zero-order valence-electron chi connectivity index (χ0n) is 31.3. The van der Waals surface area contributed by atoms with Gasteiger partial charge in [0, 0.05) is 30.1 Å². The highest BCUT2D eigenvalue weighted by atomic mass is 28.4. The van der Waals surface area contributed by atoms with Gasteiger partial charge in [-0.25, -0.2) is 4.79 Å². The second-order valence-corrected chi connectivity index (χ2v) is 21.6. The third-order valence-corrected chi connectivity index (χ3v) is 15.7. The fourth-order valence-corrected chi connectivity index (χ4v) is 8.79. The molecule has 1 amide bonds. The molecular formula is C39H52N2O9Si.